The fraction of sp³-hybridized carbons (Fsp3) is 0.571. The lowest BCUT2D eigenvalue weighted by Crippen LogP contribution is -2.28. The van der Waals surface area contributed by atoms with Crippen LogP contribution in [0, 0.1) is 0 Å². The average molecular weight is 315 g/mol. The maximum atomic E-state index is 11.7. The van der Waals surface area contributed by atoms with Gasteiger partial charge in [-0.2, -0.15) is 0 Å². The largest absolute Gasteiger partial charge is 0.493 e. The smallest absolute Gasteiger partial charge is 0.231 e. The third-order valence-corrected chi connectivity index (χ3v) is 4.49. The molecule has 1 aliphatic heterocycles. The zero-order valence-corrected chi connectivity index (χ0v) is 12.9. The molecule has 0 fully saturated rings. The summed E-state index contributed by atoms with van der Waals surface area (Å²) in [6.07, 6.45) is 2.26. The Morgan fingerprint density at radius 2 is 2.05 bits per heavy atom. The lowest BCUT2D eigenvalue weighted by atomic mass is 10.3. The van der Waals surface area contributed by atoms with Gasteiger partial charge in [-0.25, -0.2) is 13.1 Å². The van der Waals surface area contributed by atoms with Crippen LogP contribution in [-0.2, 0) is 10.0 Å². The van der Waals surface area contributed by atoms with Gasteiger partial charge in [-0.1, -0.05) is 13.3 Å². The Bertz CT molecular complexity index is 558. The van der Waals surface area contributed by atoms with Gasteiger partial charge in [-0.3, -0.25) is 0 Å². The van der Waals surface area contributed by atoms with Crippen LogP contribution in [0.15, 0.2) is 18.2 Å². The molecule has 0 unspecified atom stereocenters. The van der Waals surface area contributed by atoms with E-state index in [0.717, 1.165) is 12.8 Å². The van der Waals surface area contributed by atoms with Crippen LogP contribution < -0.4 is 18.9 Å². The van der Waals surface area contributed by atoms with Crippen molar-refractivity contribution in [2.45, 2.75) is 26.2 Å². The van der Waals surface area contributed by atoms with E-state index in [2.05, 4.69) is 4.72 Å². The first-order valence-electron chi connectivity index (χ1n) is 7.10. The van der Waals surface area contributed by atoms with Crippen LogP contribution in [0.3, 0.4) is 0 Å². The molecule has 7 heteroatoms. The van der Waals surface area contributed by atoms with Crippen molar-refractivity contribution >= 4 is 10.0 Å². The molecule has 0 amide bonds. The highest BCUT2D eigenvalue weighted by Crippen LogP contribution is 2.35. The molecule has 6 nitrogen and oxygen atoms in total. The first-order valence-corrected chi connectivity index (χ1v) is 8.76. The van der Waals surface area contributed by atoms with Crippen molar-refractivity contribution in [3.63, 3.8) is 0 Å². The van der Waals surface area contributed by atoms with Gasteiger partial charge < -0.3 is 14.2 Å². The third kappa shape index (κ3) is 5.09. The van der Waals surface area contributed by atoms with Crippen LogP contribution in [-0.4, -0.2) is 34.1 Å². The van der Waals surface area contributed by atoms with Crippen LogP contribution in [0.5, 0.6) is 17.2 Å². The first-order chi connectivity index (χ1) is 10.1. The summed E-state index contributed by atoms with van der Waals surface area (Å²) in [5.74, 6) is 2.07. The monoisotopic (exact) mass is 315 g/mol. The summed E-state index contributed by atoms with van der Waals surface area (Å²) in [4.78, 5) is 0. The Morgan fingerprint density at radius 3 is 2.86 bits per heavy atom. The molecule has 0 aromatic heterocycles. The quantitative estimate of drug-likeness (QED) is 0.705. The fourth-order valence-corrected chi connectivity index (χ4v) is 2.98. The van der Waals surface area contributed by atoms with Crippen LogP contribution in [0.4, 0.5) is 0 Å². The highest BCUT2D eigenvalue weighted by atomic mass is 32.2. The molecule has 1 aromatic rings. The van der Waals surface area contributed by atoms with Crippen molar-refractivity contribution in [3.05, 3.63) is 18.2 Å². The average Bonchev–Trinajstić information content (AvgIpc) is 2.91. The van der Waals surface area contributed by atoms with Crippen molar-refractivity contribution in [2.75, 3.05) is 25.7 Å². The summed E-state index contributed by atoms with van der Waals surface area (Å²) in [7, 11) is -3.19. The van der Waals surface area contributed by atoms with Crippen molar-refractivity contribution < 1.29 is 22.6 Å². The molecular formula is C14H21NO5S. The molecule has 1 heterocycles. The highest BCUT2D eigenvalue weighted by molar-refractivity contribution is 7.89. The Morgan fingerprint density at radius 1 is 1.24 bits per heavy atom. The summed E-state index contributed by atoms with van der Waals surface area (Å²) >= 11 is 0. The number of hydrogen-bond donors (Lipinski definition) is 1. The van der Waals surface area contributed by atoms with E-state index in [0.29, 0.717) is 36.8 Å². The lowest BCUT2D eigenvalue weighted by Gasteiger charge is -2.08. The standard InChI is InChI=1S/C14H21NO5S/c1-2-3-7-15-21(16,17)9-4-8-18-12-5-6-13-14(10-12)20-11-19-13/h5-6,10,15H,2-4,7-9,11H2,1H3. The van der Waals surface area contributed by atoms with Gasteiger partial charge >= 0.3 is 0 Å². The molecule has 1 aliphatic rings. The van der Waals surface area contributed by atoms with Crippen molar-refractivity contribution in [1.82, 2.24) is 4.72 Å². The van der Waals surface area contributed by atoms with Crippen LogP contribution >= 0.6 is 0 Å². The van der Waals surface area contributed by atoms with Gasteiger partial charge in [0, 0.05) is 12.6 Å². The number of rotatable bonds is 9. The molecule has 1 N–H and O–H groups in total. The van der Waals surface area contributed by atoms with Gasteiger partial charge in [-0.15, -0.1) is 0 Å². The van der Waals surface area contributed by atoms with Gasteiger partial charge in [0.2, 0.25) is 16.8 Å². The number of ether oxygens (including phenoxy) is 3. The predicted octanol–water partition coefficient (Wildman–Crippen LogP) is 1.90. The zero-order valence-electron chi connectivity index (χ0n) is 12.1. The van der Waals surface area contributed by atoms with E-state index in [1.165, 1.54) is 0 Å². The number of nitrogens with one attached hydrogen (secondary N) is 1. The molecule has 2 rings (SSSR count). The van der Waals surface area contributed by atoms with Crippen LogP contribution in [0.1, 0.15) is 26.2 Å². The molecule has 0 radical (unpaired) electrons. The second-order valence-electron chi connectivity index (χ2n) is 4.78. The summed E-state index contributed by atoms with van der Waals surface area (Å²) in [5.41, 5.74) is 0. The Labute approximate surface area is 125 Å². The van der Waals surface area contributed by atoms with Crippen molar-refractivity contribution in [3.8, 4) is 17.2 Å². The summed E-state index contributed by atoms with van der Waals surface area (Å²) in [6, 6.07) is 5.30. The fourth-order valence-electron chi connectivity index (χ4n) is 1.88. The first kappa shape index (κ1) is 15.9. The maximum Gasteiger partial charge on any atom is 0.231 e. The lowest BCUT2D eigenvalue weighted by molar-refractivity contribution is 0.173. The SMILES string of the molecule is CCCCNS(=O)(=O)CCCOc1ccc2c(c1)OCO2. The normalized spacial score (nSPS) is 13.4. The molecule has 0 bridgehead atoms. The molecule has 0 saturated carbocycles. The zero-order chi connectivity index (χ0) is 15.1. The van der Waals surface area contributed by atoms with Gasteiger partial charge in [0.05, 0.1) is 12.4 Å². The summed E-state index contributed by atoms with van der Waals surface area (Å²) < 4.78 is 41.9. The number of benzene rings is 1. The second kappa shape index (κ2) is 7.51. The van der Waals surface area contributed by atoms with E-state index < -0.39 is 10.0 Å². The third-order valence-electron chi connectivity index (χ3n) is 3.02. The van der Waals surface area contributed by atoms with Crippen molar-refractivity contribution in [1.29, 1.82) is 0 Å². The Balaban J connectivity index is 1.70. The number of sulfonamides is 1. The molecule has 1 aromatic carbocycles. The van der Waals surface area contributed by atoms with Gasteiger partial charge in [0.1, 0.15) is 5.75 Å². The summed E-state index contributed by atoms with van der Waals surface area (Å²) in [6.45, 7) is 3.09. The highest BCUT2D eigenvalue weighted by Gasteiger charge is 2.14. The predicted molar refractivity (Wildman–Crippen MR) is 79.4 cm³/mol. The van der Waals surface area contributed by atoms with E-state index in [9.17, 15) is 8.42 Å². The molecule has 118 valence electrons. The molecule has 0 saturated heterocycles. The molecule has 21 heavy (non-hydrogen) atoms. The minimum Gasteiger partial charge on any atom is -0.493 e. The van der Waals surface area contributed by atoms with E-state index in [4.69, 9.17) is 14.2 Å². The Hall–Kier alpha value is -1.47. The van der Waals surface area contributed by atoms with Crippen LogP contribution in [0.2, 0.25) is 0 Å². The van der Waals surface area contributed by atoms with E-state index in [1.807, 2.05) is 6.92 Å². The number of fused-ring (bicyclic) bond motifs is 1. The van der Waals surface area contributed by atoms with Gasteiger partial charge in [-0.05, 0) is 25.0 Å². The minimum absolute atomic E-state index is 0.0707. The van der Waals surface area contributed by atoms with Crippen LogP contribution in [0.25, 0.3) is 0 Å². The number of hydrogen-bond acceptors (Lipinski definition) is 5. The second-order valence-corrected chi connectivity index (χ2v) is 6.71. The summed E-state index contributed by atoms with van der Waals surface area (Å²) in [5, 5.41) is 0. The van der Waals surface area contributed by atoms with E-state index >= 15 is 0 Å². The van der Waals surface area contributed by atoms with Gasteiger partial charge in [0.25, 0.3) is 0 Å². The maximum absolute atomic E-state index is 11.7. The number of unbranched alkanes of at least 4 members (excludes halogenated alkanes) is 1. The van der Waals surface area contributed by atoms with Gasteiger partial charge in [0.15, 0.2) is 11.5 Å². The Kier molecular flexibility index (Phi) is 5.69. The van der Waals surface area contributed by atoms with E-state index in [-0.39, 0.29) is 12.5 Å². The van der Waals surface area contributed by atoms with Crippen molar-refractivity contribution in [2.24, 2.45) is 0 Å². The topological polar surface area (TPSA) is 73.9 Å². The molecule has 0 aliphatic carbocycles. The molecule has 0 spiro atoms. The minimum atomic E-state index is -3.19. The molecular weight excluding hydrogens is 294 g/mol. The molecule has 0 atom stereocenters. The van der Waals surface area contributed by atoms with E-state index in [1.54, 1.807) is 18.2 Å².